The van der Waals surface area contributed by atoms with Crippen LogP contribution in [0.5, 0.6) is 5.88 Å². The number of benzene rings is 2. The van der Waals surface area contributed by atoms with Gasteiger partial charge in [0.1, 0.15) is 18.4 Å². The molecule has 2 amide bonds. The van der Waals surface area contributed by atoms with Gasteiger partial charge in [0, 0.05) is 41.5 Å². The van der Waals surface area contributed by atoms with Crippen molar-refractivity contribution in [1.82, 2.24) is 14.8 Å². The molecule has 45 heavy (non-hydrogen) atoms. The van der Waals surface area contributed by atoms with Crippen LogP contribution in [0, 0.1) is 19.8 Å². The lowest BCUT2D eigenvalue weighted by molar-refractivity contribution is 0.0143. The van der Waals surface area contributed by atoms with E-state index in [1.54, 1.807) is 15.9 Å². The maximum Gasteiger partial charge on any atom is 0.410 e. The van der Waals surface area contributed by atoms with Crippen molar-refractivity contribution in [2.75, 3.05) is 19.6 Å². The maximum atomic E-state index is 16.1. The fourth-order valence-corrected chi connectivity index (χ4v) is 6.68. The van der Waals surface area contributed by atoms with Crippen LogP contribution in [0.3, 0.4) is 0 Å². The largest absolute Gasteiger partial charge is 0.473 e. The Morgan fingerprint density at radius 3 is 2.44 bits per heavy atom. The number of pyridine rings is 1. The smallest absolute Gasteiger partial charge is 0.410 e. The molecule has 1 fully saturated rings. The molecule has 7 nitrogen and oxygen atoms in total. The number of rotatable bonds is 7. The summed E-state index contributed by atoms with van der Waals surface area (Å²) in [5.41, 5.74) is 4.11. The molecule has 1 atom stereocenters. The van der Waals surface area contributed by atoms with Crippen molar-refractivity contribution < 1.29 is 23.5 Å². The maximum absolute atomic E-state index is 16.1. The summed E-state index contributed by atoms with van der Waals surface area (Å²) in [5, 5.41) is 0.441. The van der Waals surface area contributed by atoms with E-state index in [4.69, 9.17) is 32.7 Å². The highest BCUT2D eigenvalue weighted by atomic mass is 35.5. The predicted octanol–water partition coefficient (Wildman–Crippen LogP) is 8.44. The summed E-state index contributed by atoms with van der Waals surface area (Å²) in [6, 6.07) is 13.4. The lowest BCUT2D eigenvalue weighted by Crippen LogP contribution is -2.42. The van der Waals surface area contributed by atoms with Gasteiger partial charge in [0.15, 0.2) is 0 Å². The zero-order chi connectivity index (χ0) is 32.5. The van der Waals surface area contributed by atoms with Crippen molar-refractivity contribution in [3.05, 3.63) is 91.6 Å². The molecule has 0 aliphatic carbocycles. The second-order valence-corrected chi connectivity index (χ2v) is 13.7. The van der Waals surface area contributed by atoms with Crippen molar-refractivity contribution in [3.63, 3.8) is 0 Å². The molecule has 1 saturated heterocycles. The Labute approximate surface area is 274 Å². The monoisotopic (exact) mass is 655 g/mol. The van der Waals surface area contributed by atoms with Gasteiger partial charge in [-0.3, -0.25) is 4.79 Å². The van der Waals surface area contributed by atoms with E-state index in [2.05, 4.69) is 4.98 Å². The van der Waals surface area contributed by atoms with Gasteiger partial charge in [-0.15, -0.1) is 0 Å². The normalized spacial score (nSPS) is 16.4. The quantitative estimate of drug-likeness (QED) is 0.255. The summed E-state index contributed by atoms with van der Waals surface area (Å²) in [6.45, 7) is 11.1. The molecule has 0 spiro atoms. The second kappa shape index (κ2) is 13.6. The Morgan fingerprint density at radius 1 is 1.09 bits per heavy atom. The minimum Gasteiger partial charge on any atom is -0.473 e. The highest BCUT2D eigenvalue weighted by Gasteiger charge is 2.36. The van der Waals surface area contributed by atoms with E-state index in [1.807, 2.05) is 71.0 Å². The van der Waals surface area contributed by atoms with E-state index in [-0.39, 0.29) is 34.5 Å². The van der Waals surface area contributed by atoms with Crippen LogP contribution in [-0.4, -0.2) is 52.0 Å². The predicted molar refractivity (Wildman–Crippen MR) is 174 cm³/mol. The molecule has 0 bridgehead atoms. The van der Waals surface area contributed by atoms with Gasteiger partial charge in [-0.1, -0.05) is 53.5 Å². The fraction of sp³-hybridized carbons (Fsp3) is 0.457. The van der Waals surface area contributed by atoms with E-state index >= 15 is 4.39 Å². The van der Waals surface area contributed by atoms with Crippen LogP contribution in [0.2, 0.25) is 10.0 Å². The number of nitrogens with zero attached hydrogens (tertiary/aromatic N) is 3. The van der Waals surface area contributed by atoms with Crippen molar-refractivity contribution in [1.29, 1.82) is 0 Å². The molecule has 10 heteroatoms. The van der Waals surface area contributed by atoms with Crippen LogP contribution in [0.1, 0.15) is 83.7 Å². The van der Waals surface area contributed by atoms with Gasteiger partial charge in [-0.2, -0.15) is 0 Å². The van der Waals surface area contributed by atoms with Gasteiger partial charge in [0.05, 0.1) is 17.1 Å². The Hall–Kier alpha value is -3.36. The molecule has 1 aromatic heterocycles. The third-order valence-corrected chi connectivity index (χ3v) is 9.13. The van der Waals surface area contributed by atoms with Crippen LogP contribution < -0.4 is 4.74 Å². The molecule has 1 unspecified atom stereocenters. The Kier molecular flexibility index (Phi) is 9.94. The fourth-order valence-electron chi connectivity index (χ4n) is 6.02. The van der Waals surface area contributed by atoms with E-state index in [9.17, 15) is 9.59 Å². The molecule has 3 heterocycles. The Morgan fingerprint density at radius 2 is 1.78 bits per heavy atom. The average Bonchev–Trinajstić information content (AvgIpc) is 2.99. The van der Waals surface area contributed by atoms with Gasteiger partial charge >= 0.3 is 6.09 Å². The standard InChI is InChI=1S/C35H40Cl2FN3O4/c1-21-17-22(2)39-32(44-20-23-9-7-6-8-10-23)27(21)19-41-16-13-25-28(36)18-26(30(37)29(25)33(41)42)31(38)24-11-14-40(15-12-24)34(43)45-35(3,4)5/h6-10,17-18,24,31H,11-16,19-20H2,1-5H3. The summed E-state index contributed by atoms with van der Waals surface area (Å²) < 4.78 is 27.8. The number of fused-ring (bicyclic) bond motifs is 1. The number of alkyl halides is 1. The molecule has 2 aliphatic rings. The van der Waals surface area contributed by atoms with Crippen molar-refractivity contribution in [2.45, 2.75) is 78.8 Å². The zero-order valence-corrected chi connectivity index (χ0v) is 28.0. The molecule has 0 radical (unpaired) electrons. The van der Waals surface area contributed by atoms with Crippen LogP contribution in [0.4, 0.5) is 9.18 Å². The number of carbonyl (C=O) groups is 2. The van der Waals surface area contributed by atoms with Crippen LogP contribution in [0.25, 0.3) is 0 Å². The Balaban J connectivity index is 1.34. The number of hydrogen-bond acceptors (Lipinski definition) is 5. The average molecular weight is 657 g/mol. The number of ether oxygens (including phenoxy) is 2. The first-order chi connectivity index (χ1) is 21.3. The molecule has 0 saturated carbocycles. The lowest BCUT2D eigenvalue weighted by atomic mass is 9.86. The first-order valence-corrected chi connectivity index (χ1v) is 16.1. The number of likely N-dealkylation sites (tertiary alicyclic amines) is 1. The minimum absolute atomic E-state index is 0.102. The molecule has 3 aromatic rings. The van der Waals surface area contributed by atoms with Gasteiger partial charge in [-0.05, 0) is 88.6 Å². The first-order valence-electron chi connectivity index (χ1n) is 15.4. The third-order valence-electron chi connectivity index (χ3n) is 8.39. The van der Waals surface area contributed by atoms with E-state index in [0.717, 1.165) is 22.4 Å². The van der Waals surface area contributed by atoms with Gasteiger partial charge < -0.3 is 19.3 Å². The number of carbonyl (C=O) groups excluding carboxylic acids is 2. The summed E-state index contributed by atoms with van der Waals surface area (Å²) in [7, 11) is 0. The van der Waals surface area contributed by atoms with Crippen LogP contribution in [-0.2, 0) is 24.3 Å². The molecule has 2 aliphatic heterocycles. The van der Waals surface area contributed by atoms with Crippen LogP contribution >= 0.6 is 23.2 Å². The number of aryl methyl sites for hydroxylation is 2. The van der Waals surface area contributed by atoms with Crippen molar-refractivity contribution in [2.24, 2.45) is 5.92 Å². The number of aromatic nitrogens is 1. The van der Waals surface area contributed by atoms with Gasteiger partial charge in [-0.25, -0.2) is 14.2 Å². The van der Waals surface area contributed by atoms with Crippen molar-refractivity contribution >= 4 is 35.2 Å². The van der Waals surface area contributed by atoms with E-state index < -0.39 is 17.9 Å². The summed E-state index contributed by atoms with van der Waals surface area (Å²) >= 11 is 13.5. The molecule has 2 aromatic carbocycles. The first kappa shape index (κ1) is 33.0. The SMILES string of the molecule is Cc1cc(C)c(CN2CCc3c(Cl)cc(C(F)C4CCN(C(=O)OC(C)(C)C)CC4)c(Cl)c3C2=O)c(OCc2ccccc2)n1. The van der Waals surface area contributed by atoms with Crippen molar-refractivity contribution in [3.8, 4) is 5.88 Å². The van der Waals surface area contributed by atoms with Crippen LogP contribution in [0.15, 0.2) is 42.5 Å². The molecular formula is C35H40Cl2FN3O4. The third kappa shape index (κ3) is 7.55. The molecule has 5 rings (SSSR count). The van der Waals surface area contributed by atoms with Gasteiger partial charge in [0.25, 0.3) is 5.91 Å². The summed E-state index contributed by atoms with van der Waals surface area (Å²) in [5.74, 6) is -0.198. The highest BCUT2D eigenvalue weighted by molar-refractivity contribution is 6.37. The van der Waals surface area contributed by atoms with E-state index in [0.29, 0.717) is 62.0 Å². The number of hydrogen-bond donors (Lipinski definition) is 0. The molecular weight excluding hydrogens is 616 g/mol. The second-order valence-electron chi connectivity index (χ2n) is 12.9. The molecule has 0 N–H and O–H groups in total. The summed E-state index contributed by atoms with van der Waals surface area (Å²) in [4.78, 5) is 34.4. The zero-order valence-electron chi connectivity index (χ0n) is 26.5. The number of piperidine rings is 1. The topological polar surface area (TPSA) is 72.0 Å². The van der Waals surface area contributed by atoms with E-state index in [1.165, 1.54) is 0 Å². The Bertz CT molecular complexity index is 1570. The minimum atomic E-state index is -1.44. The van der Waals surface area contributed by atoms with Gasteiger partial charge in [0.2, 0.25) is 5.88 Å². The number of halogens is 3. The highest BCUT2D eigenvalue weighted by Crippen LogP contribution is 2.43. The molecule has 240 valence electrons. The lowest BCUT2D eigenvalue weighted by Gasteiger charge is -2.35. The summed E-state index contributed by atoms with van der Waals surface area (Å²) in [6.07, 6.45) is -0.465. The number of amides is 2.